The van der Waals surface area contributed by atoms with E-state index in [4.69, 9.17) is 0 Å². The number of likely N-dealkylation sites (tertiary alicyclic amines) is 2. The van der Waals surface area contributed by atoms with Crippen molar-refractivity contribution in [3.63, 3.8) is 0 Å². The molecule has 1 saturated carbocycles. The van der Waals surface area contributed by atoms with Crippen molar-refractivity contribution in [2.45, 2.75) is 26.3 Å². The van der Waals surface area contributed by atoms with Crippen molar-refractivity contribution >= 4 is 17.5 Å². The molecule has 2 aromatic heterocycles. The molecule has 2 saturated heterocycles. The minimum Gasteiger partial charge on any atom is -0.481 e. The van der Waals surface area contributed by atoms with Gasteiger partial charge in [0.05, 0.1) is 17.3 Å². The number of amides is 1. The number of carbonyl (C=O) groups is 2. The molecule has 0 bridgehead atoms. The molecule has 1 amide bonds. The van der Waals surface area contributed by atoms with Crippen LogP contribution < -0.4 is 0 Å². The van der Waals surface area contributed by atoms with Gasteiger partial charge in [0.15, 0.2) is 0 Å². The first-order chi connectivity index (χ1) is 13.0. The minimum atomic E-state index is -0.972. The molecule has 3 aliphatic rings. The van der Waals surface area contributed by atoms with Crippen molar-refractivity contribution in [1.82, 2.24) is 19.2 Å². The van der Waals surface area contributed by atoms with Crippen LogP contribution in [0, 0.1) is 24.2 Å². The normalized spacial score (nSPS) is 28.3. The second kappa shape index (κ2) is 5.79. The van der Waals surface area contributed by atoms with Crippen LogP contribution in [0.2, 0.25) is 0 Å². The van der Waals surface area contributed by atoms with Crippen molar-refractivity contribution < 1.29 is 14.7 Å². The fourth-order valence-electron chi connectivity index (χ4n) is 4.86. The Bertz CT molecular complexity index is 934. The van der Waals surface area contributed by atoms with Gasteiger partial charge in [0, 0.05) is 38.9 Å². The highest BCUT2D eigenvalue weighted by Gasteiger charge is 2.62. The molecule has 7 heteroatoms. The van der Waals surface area contributed by atoms with Gasteiger partial charge in [-0.05, 0) is 37.8 Å². The summed E-state index contributed by atoms with van der Waals surface area (Å²) in [4.78, 5) is 33.6. The average molecular weight is 368 g/mol. The van der Waals surface area contributed by atoms with Crippen LogP contribution in [0.5, 0.6) is 0 Å². The SMILES string of the molecule is Cc1nc2ccccn2c1CN1C[C@H]2C(=O)N(CC3CC3)C[C@@]2(C(=O)O)C1. The summed E-state index contributed by atoms with van der Waals surface area (Å²) in [5.74, 6) is -0.665. The van der Waals surface area contributed by atoms with Gasteiger partial charge >= 0.3 is 5.97 Å². The first-order valence-corrected chi connectivity index (χ1v) is 9.65. The van der Waals surface area contributed by atoms with Gasteiger partial charge in [-0.2, -0.15) is 0 Å². The van der Waals surface area contributed by atoms with Gasteiger partial charge in [0.25, 0.3) is 0 Å². The van der Waals surface area contributed by atoms with Gasteiger partial charge in [-0.15, -0.1) is 0 Å². The lowest BCUT2D eigenvalue weighted by molar-refractivity contribution is -0.149. The van der Waals surface area contributed by atoms with E-state index in [2.05, 4.69) is 14.3 Å². The maximum absolute atomic E-state index is 12.9. The summed E-state index contributed by atoms with van der Waals surface area (Å²) in [6.45, 7) is 4.60. The number of aliphatic carboxylic acids is 1. The van der Waals surface area contributed by atoms with Crippen LogP contribution in [0.1, 0.15) is 24.2 Å². The lowest BCUT2D eigenvalue weighted by Gasteiger charge is -2.25. The van der Waals surface area contributed by atoms with Gasteiger partial charge in [-0.3, -0.25) is 14.5 Å². The Hall–Kier alpha value is -2.41. The number of nitrogens with zero attached hydrogens (tertiary/aromatic N) is 4. The van der Waals surface area contributed by atoms with Gasteiger partial charge in [-0.1, -0.05) is 6.07 Å². The maximum atomic E-state index is 12.9. The van der Waals surface area contributed by atoms with Gasteiger partial charge in [-0.25, -0.2) is 4.98 Å². The van der Waals surface area contributed by atoms with E-state index < -0.39 is 17.3 Å². The zero-order valence-electron chi connectivity index (χ0n) is 15.5. The van der Waals surface area contributed by atoms with Crippen molar-refractivity contribution in [2.75, 3.05) is 26.2 Å². The fraction of sp³-hybridized carbons (Fsp3) is 0.550. The molecule has 2 atom stereocenters. The molecular weight excluding hydrogens is 344 g/mol. The fourth-order valence-corrected chi connectivity index (χ4v) is 4.86. The predicted octanol–water partition coefficient (Wildman–Crippen LogP) is 1.40. The second-order valence-electron chi connectivity index (χ2n) is 8.42. The van der Waals surface area contributed by atoms with Crippen LogP contribution in [0.4, 0.5) is 0 Å². The summed E-state index contributed by atoms with van der Waals surface area (Å²) in [7, 11) is 0. The molecule has 4 heterocycles. The number of pyridine rings is 1. The van der Waals surface area contributed by atoms with Crippen LogP contribution in [0.25, 0.3) is 5.65 Å². The number of imidazole rings is 1. The Morgan fingerprint density at radius 2 is 2.15 bits per heavy atom. The lowest BCUT2D eigenvalue weighted by atomic mass is 9.81. The van der Waals surface area contributed by atoms with E-state index in [0.29, 0.717) is 32.1 Å². The van der Waals surface area contributed by atoms with Crippen molar-refractivity contribution in [2.24, 2.45) is 17.3 Å². The quantitative estimate of drug-likeness (QED) is 0.863. The van der Waals surface area contributed by atoms with E-state index in [1.807, 2.05) is 36.2 Å². The van der Waals surface area contributed by atoms with Crippen molar-refractivity contribution in [3.8, 4) is 0 Å². The number of hydrogen-bond donors (Lipinski definition) is 1. The van der Waals surface area contributed by atoms with Gasteiger partial charge in [0.1, 0.15) is 11.1 Å². The second-order valence-corrected chi connectivity index (χ2v) is 8.42. The number of aromatic nitrogens is 2. The zero-order chi connectivity index (χ0) is 18.8. The number of fused-ring (bicyclic) bond motifs is 2. The summed E-state index contributed by atoms with van der Waals surface area (Å²) in [5.41, 5.74) is 1.93. The number of hydrogen-bond acceptors (Lipinski definition) is 4. The average Bonchev–Trinajstić information content (AvgIpc) is 3.22. The molecule has 0 aromatic carbocycles. The van der Waals surface area contributed by atoms with Crippen molar-refractivity contribution in [3.05, 3.63) is 35.8 Å². The van der Waals surface area contributed by atoms with Crippen LogP contribution in [-0.2, 0) is 16.1 Å². The van der Waals surface area contributed by atoms with E-state index >= 15 is 0 Å². The van der Waals surface area contributed by atoms with Crippen LogP contribution in [0.15, 0.2) is 24.4 Å². The molecule has 7 nitrogen and oxygen atoms in total. The molecule has 2 aliphatic heterocycles. The third kappa shape index (κ3) is 2.56. The molecular formula is C20H24N4O3. The minimum absolute atomic E-state index is 0.0293. The number of carboxylic acid groups (broad SMARTS) is 1. The van der Waals surface area contributed by atoms with E-state index in [1.165, 1.54) is 0 Å². The first-order valence-electron chi connectivity index (χ1n) is 9.65. The highest BCUT2D eigenvalue weighted by molar-refractivity contribution is 5.92. The van der Waals surface area contributed by atoms with Crippen LogP contribution in [0.3, 0.4) is 0 Å². The number of carboxylic acids is 1. The molecule has 3 fully saturated rings. The number of aryl methyl sites for hydroxylation is 1. The first kappa shape index (κ1) is 16.7. The summed E-state index contributed by atoms with van der Waals surface area (Å²) < 4.78 is 2.05. The number of rotatable bonds is 5. The molecule has 1 N–H and O–H groups in total. The van der Waals surface area contributed by atoms with Crippen molar-refractivity contribution in [1.29, 1.82) is 0 Å². The molecule has 0 unspecified atom stereocenters. The standard InChI is InChI=1S/C20H24N4O3/c1-13-16(24-7-3-2-4-17(24)21-13)10-22-9-15-18(25)23(8-14-5-6-14)12-20(15,11-22)19(26)27/h2-4,7,14-15H,5-6,8-12H2,1H3,(H,26,27)/t15-,20-/m0/s1. The third-order valence-corrected chi connectivity index (χ3v) is 6.50. The largest absolute Gasteiger partial charge is 0.481 e. The molecule has 27 heavy (non-hydrogen) atoms. The Balaban J connectivity index is 1.40. The van der Waals surface area contributed by atoms with E-state index in [1.54, 1.807) is 0 Å². The Labute approximate surface area is 157 Å². The van der Waals surface area contributed by atoms with E-state index in [9.17, 15) is 14.7 Å². The number of carbonyl (C=O) groups excluding carboxylic acids is 1. The molecule has 1 aliphatic carbocycles. The monoisotopic (exact) mass is 368 g/mol. The van der Waals surface area contributed by atoms with E-state index in [-0.39, 0.29) is 5.91 Å². The summed E-state index contributed by atoms with van der Waals surface area (Å²) >= 11 is 0. The molecule has 2 aromatic rings. The summed E-state index contributed by atoms with van der Waals surface area (Å²) in [6.07, 6.45) is 4.31. The van der Waals surface area contributed by atoms with Gasteiger partial charge in [0.2, 0.25) is 5.91 Å². The van der Waals surface area contributed by atoms with Gasteiger partial charge < -0.3 is 14.4 Å². The van der Waals surface area contributed by atoms with Crippen LogP contribution >= 0.6 is 0 Å². The highest BCUT2D eigenvalue weighted by atomic mass is 16.4. The Morgan fingerprint density at radius 3 is 2.85 bits per heavy atom. The third-order valence-electron chi connectivity index (χ3n) is 6.50. The molecule has 0 spiro atoms. The van der Waals surface area contributed by atoms with E-state index in [0.717, 1.165) is 36.4 Å². The highest BCUT2D eigenvalue weighted by Crippen LogP contribution is 2.45. The molecule has 0 radical (unpaired) electrons. The molecule has 142 valence electrons. The Kier molecular flexibility index (Phi) is 3.59. The summed E-state index contributed by atoms with van der Waals surface area (Å²) in [5, 5.41) is 10.0. The summed E-state index contributed by atoms with van der Waals surface area (Å²) in [6, 6.07) is 5.89. The van der Waals surface area contributed by atoms with Crippen LogP contribution in [-0.4, -0.2) is 62.3 Å². The lowest BCUT2D eigenvalue weighted by Crippen LogP contribution is -2.41. The maximum Gasteiger partial charge on any atom is 0.313 e. The Morgan fingerprint density at radius 1 is 1.33 bits per heavy atom. The topological polar surface area (TPSA) is 78.2 Å². The smallest absolute Gasteiger partial charge is 0.313 e. The molecule has 5 rings (SSSR count). The zero-order valence-corrected chi connectivity index (χ0v) is 15.5. The predicted molar refractivity (Wildman–Crippen MR) is 98.1 cm³/mol.